The van der Waals surface area contributed by atoms with Crippen molar-refractivity contribution < 1.29 is 0 Å². The molecule has 0 unspecified atom stereocenters. The van der Waals surface area contributed by atoms with Crippen molar-refractivity contribution >= 4 is 85.9 Å². The van der Waals surface area contributed by atoms with Crippen LogP contribution in [-0.4, -0.2) is 9.13 Å². The monoisotopic (exact) mass is 640 g/mol. The third-order valence-electron chi connectivity index (χ3n) is 10.3. The molecule has 0 aliphatic carbocycles. The van der Waals surface area contributed by atoms with Gasteiger partial charge in [0, 0.05) is 53.1 Å². The van der Waals surface area contributed by atoms with Crippen molar-refractivity contribution in [2.45, 2.75) is 0 Å². The third-order valence-corrected chi connectivity index (χ3v) is 11.4. The van der Waals surface area contributed by atoms with E-state index < -0.39 is 0 Å². The number of fused-ring (bicyclic) bond motifs is 10. The molecule has 11 aromatic rings. The van der Waals surface area contributed by atoms with Crippen LogP contribution in [0.3, 0.4) is 0 Å². The molecule has 0 aliphatic heterocycles. The van der Waals surface area contributed by atoms with Crippen LogP contribution < -0.4 is 0 Å². The summed E-state index contributed by atoms with van der Waals surface area (Å²) in [5.74, 6) is 0. The zero-order valence-electron chi connectivity index (χ0n) is 26.5. The summed E-state index contributed by atoms with van der Waals surface area (Å²) in [6.45, 7) is 0. The predicted molar refractivity (Wildman–Crippen MR) is 211 cm³/mol. The topological polar surface area (TPSA) is 9.86 Å². The summed E-state index contributed by atoms with van der Waals surface area (Å²) in [5, 5.41) is 10.2. The minimum Gasteiger partial charge on any atom is -0.309 e. The van der Waals surface area contributed by atoms with Crippen LogP contribution in [0, 0.1) is 0 Å². The predicted octanol–water partition coefficient (Wildman–Crippen LogP) is 13.1. The zero-order chi connectivity index (χ0) is 32.1. The van der Waals surface area contributed by atoms with Crippen molar-refractivity contribution in [3.63, 3.8) is 0 Å². The Balaban J connectivity index is 1.15. The number of thiophene rings is 1. The Labute approximate surface area is 286 Å². The maximum Gasteiger partial charge on any atom is 0.0555 e. The van der Waals surface area contributed by atoms with Crippen molar-refractivity contribution in [3.05, 3.63) is 170 Å². The first-order valence-electron chi connectivity index (χ1n) is 16.8. The lowest BCUT2D eigenvalue weighted by Gasteiger charge is -2.10. The molecule has 2 nitrogen and oxygen atoms in total. The Bertz CT molecular complexity index is 3100. The molecule has 3 heterocycles. The second-order valence-electron chi connectivity index (χ2n) is 13.0. The van der Waals surface area contributed by atoms with E-state index in [1.165, 1.54) is 97.1 Å². The smallest absolute Gasteiger partial charge is 0.0555 e. The van der Waals surface area contributed by atoms with E-state index in [0.717, 1.165) is 0 Å². The summed E-state index contributed by atoms with van der Waals surface area (Å²) >= 11 is 1.88. The Morgan fingerprint density at radius 1 is 0.306 bits per heavy atom. The van der Waals surface area contributed by atoms with Crippen LogP contribution in [0.1, 0.15) is 0 Å². The molecule has 0 saturated carbocycles. The molecule has 0 amide bonds. The first-order chi connectivity index (χ1) is 24.3. The van der Waals surface area contributed by atoms with Gasteiger partial charge in [-0.1, -0.05) is 97.1 Å². The Morgan fingerprint density at radius 2 is 0.918 bits per heavy atom. The number of aromatic nitrogens is 2. The van der Waals surface area contributed by atoms with Crippen molar-refractivity contribution in [2.75, 3.05) is 0 Å². The number of para-hydroxylation sites is 2. The second-order valence-corrected chi connectivity index (χ2v) is 14.1. The van der Waals surface area contributed by atoms with Crippen LogP contribution in [0.2, 0.25) is 0 Å². The minimum absolute atomic E-state index is 1.18. The van der Waals surface area contributed by atoms with Crippen LogP contribution >= 0.6 is 11.3 Å². The van der Waals surface area contributed by atoms with E-state index in [9.17, 15) is 0 Å². The number of rotatable bonds is 3. The Hall–Kier alpha value is -6.16. The van der Waals surface area contributed by atoms with Gasteiger partial charge in [0.2, 0.25) is 0 Å². The average molecular weight is 641 g/mol. The van der Waals surface area contributed by atoms with Crippen molar-refractivity contribution in [1.29, 1.82) is 0 Å². The first kappa shape index (κ1) is 26.9. The van der Waals surface area contributed by atoms with E-state index in [-0.39, 0.29) is 0 Å². The van der Waals surface area contributed by atoms with Gasteiger partial charge in [0.05, 0.1) is 22.1 Å². The molecule has 0 bridgehead atoms. The van der Waals surface area contributed by atoms with Crippen LogP contribution in [0.25, 0.3) is 97.1 Å². The highest BCUT2D eigenvalue weighted by Gasteiger charge is 2.18. The minimum atomic E-state index is 1.18. The molecule has 8 aromatic carbocycles. The van der Waals surface area contributed by atoms with E-state index in [2.05, 4.69) is 179 Å². The van der Waals surface area contributed by atoms with Gasteiger partial charge in [-0.2, -0.15) is 0 Å². The molecule has 0 aliphatic rings. The van der Waals surface area contributed by atoms with Gasteiger partial charge in [-0.05, 0) is 94.7 Å². The fourth-order valence-electron chi connectivity index (χ4n) is 8.02. The average Bonchev–Trinajstić information content (AvgIpc) is 3.80. The normalized spacial score (nSPS) is 12.1. The van der Waals surface area contributed by atoms with Crippen molar-refractivity contribution in [2.24, 2.45) is 0 Å². The van der Waals surface area contributed by atoms with Gasteiger partial charge in [-0.15, -0.1) is 11.3 Å². The fraction of sp³-hybridized carbons (Fsp3) is 0. The highest BCUT2D eigenvalue weighted by atomic mass is 32.1. The summed E-state index contributed by atoms with van der Waals surface area (Å²) in [4.78, 5) is 0. The van der Waals surface area contributed by atoms with Crippen molar-refractivity contribution in [1.82, 2.24) is 9.13 Å². The summed E-state index contributed by atoms with van der Waals surface area (Å²) in [6, 6.07) is 62.5. The quantitative estimate of drug-likeness (QED) is 0.182. The SMILES string of the molecule is c1ccc(-n2c3ccc(-c4ccc5c(c4)c4ccccc4n5-c4ccc5ccccc5c4)cc3c3cc4c(cc32)sc2ccccc24)cc1. The molecule has 0 spiro atoms. The number of hydrogen-bond acceptors (Lipinski definition) is 1. The Kier molecular flexibility index (Phi) is 5.57. The highest BCUT2D eigenvalue weighted by molar-refractivity contribution is 7.25. The van der Waals surface area contributed by atoms with E-state index in [0.29, 0.717) is 0 Å². The standard InChI is InChI=1S/C46H28N2S/c1-2-12-33(13-3-1)47-43-23-20-32(26-38(43)39-27-40-36-15-7-9-17-45(36)49-46(40)28-44(39)47)31-19-22-42-37(25-31)35-14-6-8-16-41(35)48(42)34-21-18-29-10-4-5-11-30(29)24-34/h1-28H. The third kappa shape index (κ3) is 3.94. The molecular formula is C46H28N2S. The maximum atomic E-state index is 2.43. The van der Waals surface area contributed by atoms with Crippen LogP contribution in [-0.2, 0) is 0 Å². The summed E-state index contributed by atoms with van der Waals surface area (Å²) in [7, 11) is 0. The fourth-order valence-corrected chi connectivity index (χ4v) is 9.14. The molecule has 11 rings (SSSR count). The largest absolute Gasteiger partial charge is 0.309 e. The van der Waals surface area contributed by atoms with Crippen LogP contribution in [0.15, 0.2) is 170 Å². The summed E-state index contributed by atoms with van der Waals surface area (Å²) < 4.78 is 7.49. The maximum absolute atomic E-state index is 2.43. The zero-order valence-corrected chi connectivity index (χ0v) is 27.3. The lowest BCUT2D eigenvalue weighted by Crippen LogP contribution is -1.94. The first-order valence-corrected chi connectivity index (χ1v) is 17.6. The lowest BCUT2D eigenvalue weighted by atomic mass is 10.00. The molecule has 49 heavy (non-hydrogen) atoms. The Morgan fingerprint density at radius 3 is 1.73 bits per heavy atom. The number of nitrogens with zero attached hydrogens (tertiary/aromatic N) is 2. The summed E-state index contributed by atoms with van der Waals surface area (Å²) in [5.41, 5.74) is 9.70. The van der Waals surface area contributed by atoms with Gasteiger partial charge < -0.3 is 9.13 Å². The van der Waals surface area contributed by atoms with E-state index in [1.807, 2.05) is 11.3 Å². The van der Waals surface area contributed by atoms with E-state index in [4.69, 9.17) is 0 Å². The van der Waals surface area contributed by atoms with E-state index in [1.54, 1.807) is 0 Å². The van der Waals surface area contributed by atoms with Gasteiger partial charge in [0.1, 0.15) is 0 Å². The highest BCUT2D eigenvalue weighted by Crippen LogP contribution is 2.42. The molecule has 0 fully saturated rings. The summed E-state index contributed by atoms with van der Waals surface area (Å²) in [6.07, 6.45) is 0. The van der Waals surface area contributed by atoms with Gasteiger partial charge >= 0.3 is 0 Å². The van der Waals surface area contributed by atoms with Gasteiger partial charge in [-0.25, -0.2) is 0 Å². The van der Waals surface area contributed by atoms with Crippen LogP contribution in [0.4, 0.5) is 0 Å². The van der Waals surface area contributed by atoms with E-state index >= 15 is 0 Å². The molecule has 3 aromatic heterocycles. The van der Waals surface area contributed by atoms with Gasteiger partial charge in [-0.3, -0.25) is 0 Å². The molecule has 0 saturated heterocycles. The van der Waals surface area contributed by atoms with Gasteiger partial charge in [0.15, 0.2) is 0 Å². The second kappa shape index (κ2) is 10.2. The lowest BCUT2D eigenvalue weighted by molar-refractivity contribution is 1.18. The molecule has 0 atom stereocenters. The molecule has 3 heteroatoms. The van der Waals surface area contributed by atoms with Crippen molar-refractivity contribution in [3.8, 4) is 22.5 Å². The number of hydrogen-bond donors (Lipinski definition) is 0. The molecule has 228 valence electrons. The number of benzene rings is 8. The molecular weight excluding hydrogens is 613 g/mol. The molecule has 0 radical (unpaired) electrons. The van der Waals surface area contributed by atoms with Gasteiger partial charge in [0.25, 0.3) is 0 Å². The van der Waals surface area contributed by atoms with Crippen LogP contribution in [0.5, 0.6) is 0 Å². The molecule has 0 N–H and O–H groups in total.